The number of anilines is 1. The summed E-state index contributed by atoms with van der Waals surface area (Å²) in [5, 5.41) is 0. The van der Waals surface area contributed by atoms with Gasteiger partial charge in [-0.25, -0.2) is 9.97 Å². The van der Waals surface area contributed by atoms with Crippen LogP contribution < -0.4 is 16.2 Å². The van der Waals surface area contributed by atoms with Crippen molar-refractivity contribution in [2.45, 2.75) is 46.1 Å². The number of primary amides is 1. The van der Waals surface area contributed by atoms with E-state index in [4.69, 9.17) is 16.2 Å². The van der Waals surface area contributed by atoms with Crippen LogP contribution in [0.3, 0.4) is 0 Å². The number of amides is 1. The first-order chi connectivity index (χ1) is 11.2. The van der Waals surface area contributed by atoms with Crippen LogP contribution in [-0.2, 0) is 12.0 Å². The summed E-state index contributed by atoms with van der Waals surface area (Å²) in [7, 11) is 0. The van der Waals surface area contributed by atoms with Crippen LogP contribution in [-0.4, -0.2) is 15.9 Å². The van der Waals surface area contributed by atoms with E-state index in [1.54, 1.807) is 6.92 Å². The number of ether oxygens (including phenoxy) is 1. The van der Waals surface area contributed by atoms with Gasteiger partial charge in [-0.3, -0.25) is 4.79 Å². The summed E-state index contributed by atoms with van der Waals surface area (Å²) in [6.45, 7) is 8.34. The molecule has 0 saturated carbocycles. The van der Waals surface area contributed by atoms with Gasteiger partial charge < -0.3 is 16.2 Å². The van der Waals surface area contributed by atoms with Crippen LogP contribution in [0.1, 0.15) is 54.5 Å². The molecule has 0 unspecified atom stereocenters. The van der Waals surface area contributed by atoms with E-state index in [1.165, 1.54) is 5.56 Å². The van der Waals surface area contributed by atoms with E-state index in [-0.39, 0.29) is 23.5 Å². The number of hydrogen-bond donors (Lipinski definition) is 2. The van der Waals surface area contributed by atoms with Crippen LogP contribution in [0.4, 0.5) is 5.95 Å². The fourth-order valence-corrected chi connectivity index (χ4v) is 2.44. The second kappa shape index (κ2) is 6.86. The van der Waals surface area contributed by atoms with Crippen LogP contribution in [0.25, 0.3) is 0 Å². The van der Waals surface area contributed by atoms with Gasteiger partial charge in [0, 0.05) is 0 Å². The molecule has 6 nitrogen and oxygen atoms in total. The number of benzene rings is 1. The molecule has 6 heteroatoms. The lowest BCUT2D eigenvalue weighted by molar-refractivity contribution is 0.0996. The van der Waals surface area contributed by atoms with Crippen LogP contribution >= 0.6 is 0 Å². The lowest BCUT2D eigenvalue weighted by atomic mass is 9.82. The molecule has 0 saturated heterocycles. The van der Waals surface area contributed by atoms with Gasteiger partial charge in [-0.1, -0.05) is 32.9 Å². The molecule has 2 rings (SSSR count). The molecular weight excluding hydrogens is 304 g/mol. The van der Waals surface area contributed by atoms with E-state index in [0.29, 0.717) is 17.1 Å². The van der Waals surface area contributed by atoms with Crippen molar-refractivity contribution in [3.8, 4) is 5.75 Å². The number of nitrogens with two attached hydrogens (primary N) is 2. The van der Waals surface area contributed by atoms with Gasteiger partial charge in [-0.2, -0.15) is 0 Å². The van der Waals surface area contributed by atoms with E-state index < -0.39 is 5.91 Å². The van der Waals surface area contributed by atoms with Gasteiger partial charge in [0.05, 0.1) is 17.0 Å². The van der Waals surface area contributed by atoms with Gasteiger partial charge in [0.1, 0.15) is 12.4 Å². The normalized spacial score (nSPS) is 11.3. The van der Waals surface area contributed by atoms with Crippen molar-refractivity contribution in [1.29, 1.82) is 0 Å². The first-order valence-corrected chi connectivity index (χ1v) is 7.90. The fourth-order valence-electron chi connectivity index (χ4n) is 2.44. The Balaban J connectivity index is 2.18. The Morgan fingerprint density at radius 2 is 1.83 bits per heavy atom. The highest BCUT2D eigenvalue weighted by molar-refractivity contribution is 5.95. The maximum Gasteiger partial charge on any atom is 0.252 e. The van der Waals surface area contributed by atoms with E-state index in [2.05, 4.69) is 30.7 Å². The van der Waals surface area contributed by atoms with Crippen molar-refractivity contribution < 1.29 is 9.53 Å². The summed E-state index contributed by atoms with van der Waals surface area (Å²) < 4.78 is 5.74. The van der Waals surface area contributed by atoms with Gasteiger partial charge in [0.15, 0.2) is 0 Å². The van der Waals surface area contributed by atoms with Crippen LogP contribution in [0.15, 0.2) is 24.3 Å². The Morgan fingerprint density at radius 3 is 2.38 bits per heavy atom. The Hall–Kier alpha value is -2.63. The van der Waals surface area contributed by atoms with Crippen molar-refractivity contribution in [3.63, 3.8) is 0 Å². The first-order valence-electron chi connectivity index (χ1n) is 7.90. The van der Waals surface area contributed by atoms with Gasteiger partial charge >= 0.3 is 0 Å². The third-order valence-electron chi connectivity index (χ3n) is 4.32. The zero-order valence-electron chi connectivity index (χ0n) is 14.6. The third-order valence-corrected chi connectivity index (χ3v) is 4.32. The first kappa shape index (κ1) is 17.7. The number of aromatic nitrogens is 2. The molecule has 1 aromatic carbocycles. The van der Waals surface area contributed by atoms with E-state index in [0.717, 1.165) is 6.42 Å². The number of nitrogens with zero attached hydrogens (tertiary/aromatic N) is 2. The van der Waals surface area contributed by atoms with Crippen molar-refractivity contribution >= 4 is 11.9 Å². The highest BCUT2D eigenvalue weighted by Crippen LogP contribution is 2.28. The average Bonchev–Trinajstić information content (AvgIpc) is 2.52. The number of hydrogen-bond acceptors (Lipinski definition) is 5. The average molecular weight is 328 g/mol. The van der Waals surface area contributed by atoms with Crippen molar-refractivity contribution in [3.05, 3.63) is 46.8 Å². The van der Waals surface area contributed by atoms with Crippen molar-refractivity contribution in [1.82, 2.24) is 9.97 Å². The summed E-state index contributed by atoms with van der Waals surface area (Å²) in [4.78, 5) is 19.6. The van der Waals surface area contributed by atoms with Gasteiger partial charge in [0.2, 0.25) is 5.95 Å². The molecule has 128 valence electrons. The Bertz CT molecular complexity index is 739. The summed E-state index contributed by atoms with van der Waals surface area (Å²) in [5.74, 6) is 0.193. The molecule has 0 radical (unpaired) electrons. The number of nitrogen functional groups attached to an aromatic ring is 1. The highest BCUT2D eigenvalue weighted by Gasteiger charge is 2.18. The molecule has 0 fully saturated rings. The van der Waals surface area contributed by atoms with Gasteiger partial charge in [0.25, 0.3) is 5.91 Å². The molecule has 0 spiro atoms. The second-order valence-electron chi connectivity index (χ2n) is 6.40. The zero-order chi connectivity index (χ0) is 17.9. The number of rotatable bonds is 6. The molecule has 1 heterocycles. The van der Waals surface area contributed by atoms with Gasteiger partial charge in [-0.15, -0.1) is 0 Å². The summed E-state index contributed by atoms with van der Waals surface area (Å²) in [6.07, 6.45) is 1.05. The SMILES string of the molecule is CCC(C)(C)c1ccc(OCc2nc(N)nc(C)c2C(N)=O)cc1. The third kappa shape index (κ3) is 3.82. The molecule has 24 heavy (non-hydrogen) atoms. The maximum absolute atomic E-state index is 11.6. The summed E-state index contributed by atoms with van der Waals surface area (Å²) in [6, 6.07) is 7.92. The monoisotopic (exact) mass is 328 g/mol. The molecule has 1 aromatic heterocycles. The molecular formula is C18H24N4O2. The zero-order valence-corrected chi connectivity index (χ0v) is 14.6. The Kier molecular flexibility index (Phi) is 5.07. The Labute approximate surface area is 142 Å². The van der Waals surface area contributed by atoms with Crippen LogP contribution in [0, 0.1) is 6.92 Å². The lowest BCUT2D eigenvalue weighted by Gasteiger charge is -2.23. The molecule has 0 bridgehead atoms. The van der Waals surface area contributed by atoms with E-state index >= 15 is 0 Å². The number of carbonyl (C=O) groups is 1. The van der Waals surface area contributed by atoms with Gasteiger partial charge in [-0.05, 0) is 36.5 Å². The maximum atomic E-state index is 11.6. The minimum atomic E-state index is -0.592. The van der Waals surface area contributed by atoms with Crippen molar-refractivity contribution in [2.75, 3.05) is 5.73 Å². The number of aryl methyl sites for hydroxylation is 1. The predicted octanol–water partition coefficient (Wildman–Crippen LogP) is 2.73. The van der Waals surface area contributed by atoms with Crippen LogP contribution in [0.2, 0.25) is 0 Å². The number of carbonyl (C=O) groups excluding carboxylic acids is 1. The smallest absolute Gasteiger partial charge is 0.252 e. The lowest BCUT2D eigenvalue weighted by Crippen LogP contribution is -2.20. The predicted molar refractivity (Wildman–Crippen MR) is 93.8 cm³/mol. The minimum Gasteiger partial charge on any atom is -0.487 e. The molecule has 0 aliphatic heterocycles. The molecule has 4 N–H and O–H groups in total. The van der Waals surface area contributed by atoms with Crippen molar-refractivity contribution in [2.24, 2.45) is 5.73 Å². The second-order valence-corrected chi connectivity index (χ2v) is 6.40. The van der Waals surface area contributed by atoms with E-state index in [1.807, 2.05) is 24.3 Å². The van der Waals surface area contributed by atoms with Crippen LogP contribution in [0.5, 0.6) is 5.75 Å². The summed E-state index contributed by atoms with van der Waals surface area (Å²) >= 11 is 0. The topological polar surface area (TPSA) is 104 Å². The fraction of sp³-hybridized carbons (Fsp3) is 0.389. The molecule has 2 aromatic rings. The molecule has 0 atom stereocenters. The molecule has 0 aliphatic carbocycles. The van der Waals surface area contributed by atoms with E-state index in [9.17, 15) is 4.79 Å². The highest BCUT2D eigenvalue weighted by atomic mass is 16.5. The minimum absolute atomic E-state index is 0.0937. The standard InChI is InChI=1S/C18H24N4O2/c1-5-18(3,4)12-6-8-13(9-7-12)24-10-14-15(16(19)23)11(2)21-17(20)22-14/h6-9H,5,10H2,1-4H3,(H2,19,23)(H2,20,21,22). The Morgan fingerprint density at radius 1 is 1.21 bits per heavy atom. The summed E-state index contributed by atoms with van der Waals surface area (Å²) in [5.41, 5.74) is 13.5. The quantitative estimate of drug-likeness (QED) is 0.848. The molecule has 1 amide bonds. The molecule has 0 aliphatic rings. The largest absolute Gasteiger partial charge is 0.487 e.